The number of rotatable bonds is 2. The summed E-state index contributed by atoms with van der Waals surface area (Å²) in [6, 6.07) is 8.96. The van der Waals surface area contributed by atoms with Crippen molar-refractivity contribution in [2.45, 2.75) is 6.18 Å². The van der Waals surface area contributed by atoms with E-state index >= 15 is 0 Å². The lowest BCUT2D eigenvalue weighted by atomic mass is 10.1. The summed E-state index contributed by atoms with van der Waals surface area (Å²) < 4.78 is 37.7. The summed E-state index contributed by atoms with van der Waals surface area (Å²) in [5.74, 6) is 0. The molecule has 0 saturated heterocycles. The molecule has 0 spiro atoms. The molecule has 3 aromatic rings. The van der Waals surface area contributed by atoms with Crippen LogP contribution in [0.1, 0.15) is 5.56 Å². The van der Waals surface area contributed by atoms with Gasteiger partial charge in [0.15, 0.2) is 5.52 Å². The molecule has 2 aromatic carbocycles. The Morgan fingerprint density at radius 2 is 1.77 bits per heavy atom. The number of benzene rings is 2. The van der Waals surface area contributed by atoms with E-state index in [2.05, 4.69) is 10.2 Å². The Bertz CT molecular complexity index is 854. The molecule has 1 N–H and O–H groups in total. The fraction of sp³-hybridized carbons (Fsp3) is 0.0714. The minimum Gasteiger partial charge on any atom is -0.276 e. The Morgan fingerprint density at radius 3 is 2.36 bits per heavy atom. The first kappa shape index (κ1) is 14.1. The lowest BCUT2D eigenvalue weighted by Crippen LogP contribution is -2.04. The average molecular weight is 307 g/mol. The second-order valence-corrected chi connectivity index (χ2v) is 4.60. The van der Waals surface area contributed by atoms with Crippen molar-refractivity contribution < 1.29 is 18.1 Å². The van der Waals surface area contributed by atoms with Crippen LogP contribution in [0.3, 0.4) is 0 Å². The van der Waals surface area contributed by atoms with Gasteiger partial charge in [0.1, 0.15) is 0 Å². The molecule has 5 nitrogen and oxygen atoms in total. The lowest BCUT2D eigenvalue weighted by molar-refractivity contribution is -0.383. The van der Waals surface area contributed by atoms with Crippen LogP contribution in [0.4, 0.5) is 18.9 Å². The average Bonchev–Trinajstić information content (AvgIpc) is 2.90. The predicted octanol–water partition coefficient (Wildman–Crippen LogP) is 4.16. The first-order valence-corrected chi connectivity index (χ1v) is 6.17. The molecule has 8 heteroatoms. The first-order valence-electron chi connectivity index (χ1n) is 6.17. The smallest absolute Gasteiger partial charge is 0.276 e. The summed E-state index contributed by atoms with van der Waals surface area (Å²) in [5.41, 5.74) is 0.156. The fourth-order valence-electron chi connectivity index (χ4n) is 2.22. The molecule has 0 aliphatic carbocycles. The number of non-ortho nitro benzene ring substituents is 1. The number of fused-ring (bicyclic) bond motifs is 1. The van der Waals surface area contributed by atoms with E-state index < -0.39 is 16.7 Å². The number of nitrogens with zero attached hydrogens (tertiary/aromatic N) is 2. The van der Waals surface area contributed by atoms with E-state index in [1.165, 1.54) is 24.3 Å². The molecule has 0 bridgehead atoms. The van der Waals surface area contributed by atoms with Crippen LogP contribution in [0, 0.1) is 10.1 Å². The number of aromatic nitrogens is 2. The fourth-order valence-corrected chi connectivity index (χ4v) is 2.22. The molecule has 0 atom stereocenters. The zero-order valence-corrected chi connectivity index (χ0v) is 10.9. The Balaban J connectivity index is 2.11. The van der Waals surface area contributed by atoms with Gasteiger partial charge in [0.05, 0.1) is 16.2 Å². The van der Waals surface area contributed by atoms with Gasteiger partial charge in [-0.2, -0.15) is 18.3 Å². The highest BCUT2D eigenvalue weighted by atomic mass is 19.4. The van der Waals surface area contributed by atoms with Gasteiger partial charge in [0, 0.05) is 17.0 Å². The van der Waals surface area contributed by atoms with Gasteiger partial charge < -0.3 is 0 Å². The largest absolute Gasteiger partial charge is 0.416 e. The third-order valence-electron chi connectivity index (χ3n) is 3.26. The quantitative estimate of drug-likeness (QED) is 0.571. The number of nitrogens with one attached hydrogen (secondary N) is 1. The number of aromatic amines is 1. The molecule has 3 rings (SSSR count). The Labute approximate surface area is 121 Å². The topological polar surface area (TPSA) is 71.8 Å². The van der Waals surface area contributed by atoms with Crippen molar-refractivity contribution in [3.8, 4) is 11.3 Å². The molecule has 1 aromatic heterocycles. The number of para-hydroxylation sites is 1. The van der Waals surface area contributed by atoms with E-state index in [1.54, 1.807) is 6.07 Å². The highest BCUT2D eigenvalue weighted by Crippen LogP contribution is 2.34. The van der Waals surface area contributed by atoms with Gasteiger partial charge >= 0.3 is 6.18 Å². The standard InChI is InChI=1S/C14H8F3N3O2/c15-14(16,17)9-6-4-8(5-7-9)12-10-2-1-3-11(20(21)22)13(10)19-18-12/h1-7H,(H,18,19). The third kappa shape index (κ3) is 2.28. The van der Waals surface area contributed by atoms with Crippen LogP contribution in [0.5, 0.6) is 0 Å². The van der Waals surface area contributed by atoms with E-state index in [9.17, 15) is 23.3 Å². The van der Waals surface area contributed by atoms with Crippen molar-refractivity contribution in [3.63, 3.8) is 0 Å². The zero-order chi connectivity index (χ0) is 15.9. The first-order chi connectivity index (χ1) is 10.4. The molecule has 0 aliphatic heterocycles. The number of halogens is 3. The van der Waals surface area contributed by atoms with Gasteiger partial charge in [-0.05, 0) is 12.1 Å². The SMILES string of the molecule is O=[N+]([O-])c1cccc2c(-c3ccc(C(F)(F)F)cc3)[nH]nc12. The third-order valence-corrected chi connectivity index (χ3v) is 3.26. The van der Waals surface area contributed by atoms with Crippen LogP contribution < -0.4 is 0 Å². The van der Waals surface area contributed by atoms with Crippen molar-refractivity contribution >= 4 is 16.6 Å². The van der Waals surface area contributed by atoms with Crippen molar-refractivity contribution in [2.24, 2.45) is 0 Å². The van der Waals surface area contributed by atoms with Gasteiger partial charge in [-0.25, -0.2) is 0 Å². The minimum absolute atomic E-state index is 0.160. The van der Waals surface area contributed by atoms with Gasteiger partial charge in [-0.3, -0.25) is 15.2 Å². The molecule has 1 heterocycles. The van der Waals surface area contributed by atoms with Crippen molar-refractivity contribution in [1.82, 2.24) is 10.2 Å². The van der Waals surface area contributed by atoms with E-state index in [4.69, 9.17) is 0 Å². The molecule has 0 fully saturated rings. The maximum Gasteiger partial charge on any atom is 0.416 e. The molecular weight excluding hydrogens is 299 g/mol. The zero-order valence-electron chi connectivity index (χ0n) is 10.9. The van der Waals surface area contributed by atoms with Gasteiger partial charge in [-0.15, -0.1) is 0 Å². The molecule has 22 heavy (non-hydrogen) atoms. The molecule has 0 saturated carbocycles. The summed E-state index contributed by atoms with van der Waals surface area (Å²) in [6.45, 7) is 0. The van der Waals surface area contributed by atoms with Crippen LogP contribution in [-0.2, 0) is 6.18 Å². The molecular formula is C14H8F3N3O2. The van der Waals surface area contributed by atoms with Crippen LogP contribution >= 0.6 is 0 Å². The van der Waals surface area contributed by atoms with E-state index in [0.717, 1.165) is 12.1 Å². The maximum absolute atomic E-state index is 12.6. The van der Waals surface area contributed by atoms with Gasteiger partial charge in [0.2, 0.25) is 0 Å². The van der Waals surface area contributed by atoms with Gasteiger partial charge in [0.25, 0.3) is 5.69 Å². The Hall–Kier alpha value is -2.90. The van der Waals surface area contributed by atoms with E-state index in [-0.39, 0.29) is 11.2 Å². The highest BCUT2D eigenvalue weighted by molar-refractivity contribution is 5.97. The maximum atomic E-state index is 12.6. The van der Waals surface area contributed by atoms with Crippen LogP contribution in [0.25, 0.3) is 22.2 Å². The summed E-state index contributed by atoms with van der Waals surface area (Å²) in [4.78, 5) is 10.4. The molecule has 0 aliphatic rings. The Kier molecular flexibility index (Phi) is 3.09. The molecule has 0 unspecified atom stereocenters. The normalized spacial score (nSPS) is 11.8. The number of hydrogen-bond donors (Lipinski definition) is 1. The summed E-state index contributed by atoms with van der Waals surface area (Å²) >= 11 is 0. The van der Waals surface area contributed by atoms with Gasteiger partial charge in [-0.1, -0.05) is 24.3 Å². The van der Waals surface area contributed by atoms with Crippen molar-refractivity contribution in [2.75, 3.05) is 0 Å². The highest BCUT2D eigenvalue weighted by Gasteiger charge is 2.30. The van der Waals surface area contributed by atoms with Crippen molar-refractivity contribution in [3.05, 3.63) is 58.1 Å². The number of hydrogen-bond acceptors (Lipinski definition) is 3. The summed E-state index contributed by atoms with van der Waals surface area (Å²) in [7, 11) is 0. The van der Waals surface area contributed by atoms with Crippen molar-refractivity contribution in [1.29, 1.82) is 0 Å². The van der Waals surface area contributed by atoms with Crippen LogP contribution in [-0.4, -0.2) is 15.1 Å². The predicted molar refractivity (Wildman–Crippen MR) is 73.2 cm³/mol. The summed E-state index contributed by atoms with van der Waals surface area (Å²) in [5, 5.41) is 18.0. The van der Waals surface area contributed by atoms with Crippen LogP contribution in [0.2, 0.25) is 0 Å². The monoisotopic (exact) mass is 307 g/mol. The number of H-pyrrole nitrogens is 1. The Morgan fingerprint density at radius 1 is 1.09 bits per heavy atom. The van der Waals surface area contributed by atoms with E-state index in [1.807, 2.05) is 0 Å². The lowest BCUT2D eigenvalue weighted by Gasteiger charge is -2.07. The van der Waals surface area contributed by atoms with E-state index in [0.29, 0.717) is 16.6 Å². The minimum atomic E-state index is -4.41. The second-order valence-electron chi connectivity index (χ2n) is 4.60. The summed E-state index contributed by atoms with van der Waals surface area (Å²) in [6.07, 6.45) is -4.41. The number of nitro benzene ring substituents is 1. The second kappa shape index (κ2) is 4.83. The number of alkyl halides is 3. The number of nitro groups is 1. The molecule has 112 valence electrons. The molecule has 0 amide bonds. The van der Waals surface area contributed by atoms with Crippen LogP contribution in [0.15, 0.2) is 42.5 Å². The molecule has 0 radical (unpaired) electrons.